The van der Waals surface area contributed by atoms with Crippen LogP contribution < -0.4 is 62.8 Å². The fourth-order valence-corrected chi connectivity index (χ4v) is 8.97. The maximum absolute atomic E-state index is 2.23. The number of hydrogen-bond acceptors (Lipinski definition) is 1. The van der Waals surface area contributed by atoms with Gasteiger partial charge in [-0.3, -0.25) is 0 Å². The van der Waals surface area contributed by atoms with Gasteiger partial charge in [-0.2, -0.15) is 0 Å². The Morgan fingerprint density at radius 3 is 0.476 bits per heavy atom. The molecule has 3 N–H and O–H groups in total. The summed E-state index contributed by atoms with van der Waals surface area (Å²) in [6, 6.07) is 64.7. The number of hydrogen-bond donors (Lipinski definition) is 1. The largest absolute Gasteiger partial charge is 2.00 e. The van der Waals surface area contributed by atoms with Gasteiger partial charge in [0.1, 0.15) is 0 Å². The maximum Gasteiger partial charge on any atom is 2.00 e. The van der Waals surface area contributed by atoms with Crippen LogP contribution in [0.25, 0.3) is 0 Å². The first-order chi connectivity index (χ1) is 18.9. The Labute approximate surface area is 279 Å². The molecular weight excluding hydrogens is 686 g/mol. The van der Waals surface area contributed by atoms with Gasteiger partial charge in [-0.25, -0.2) is 0 Å². The van der Waals surface area contributed by atoms with Crippen LogP contribution in [0.15, 0.2) is 182 Å². The van der Waals surface area contributed by atoms with Crippen molar-refractivity contribution in [3.05, 3.63) is 182 Å². The Balaban J connectivity index is 0.000000383. The normalized spacial score (nSPS) is 9.57. The maximum atomic E-state index is 2.23. The monoisotopic (exact) mass is 717 g/mol. The number of benzene rings is 6. The predicted molar refractivity (Wildman–Crippen MR) is 175 cm³/mol. The third-order valence-corrected chi connectivity index (χ3v) is 11.0. The van der Waals surface area contributed by atoms with Crippen molar-refractivity contribution < 1.29 is 45.2 Å². The van der Waals surface area contributed by atoms with Crippen molar-refractivity contribution in [3.8, 4) is 0 Å². The van der Waals surface area contributed by atoms with E-state index in [1.807, 2.05) is 0 Å². The van der Waals surface area contributed by atoms with Crippen LogP contribution in [0.1, 0.15) is 0 Å². The summed E-state index contributed by atoms with van der Waals surface area (Å²) in [4.78, 5) is 0. The van der Waals surface area contributed by atoms with E-state index in [1.54, 1.807) is 0 Å². The summed E-state index contributed by atoms with van der Waals surface area (Å²) in [6.45, 7) is 0. The van der Waals surface area contributed by atoms with Crippen molar-refractivity contribution in [1.29, 1.82) is 0 Å². The molecule has 0 bridgehead atoms. The first-order valence-corrected chi connectivity index (χ1v) is 15.5. The van der Waals surface area contributed by atoms with E-state index < -0.39 is 15.8 Å². The average Bonchev–Trinajstić information content (AvgIpc) is 3.01. The van der Waals surface area contributed by atoms with Crippen LogP contribution in [-0.2, 0) is 20.4 Å². The van der Waals surface area contributed by atoms with E-state index in [9.17, 15) is 0 Å². The summed E-state index contributed by atoms with van der Waals surface area (Å²) in [6.07, 6.45) is 0. The van der Waals surface area contributed by atoms with Crippen LogP contribution in [-0.4, -0.2) is 0 Å². The molecule has 42 heavy (non-hydrogen) atoms. The minimum atomic E-state index is -0.446. The van der Waals surface area contributed by atoms with E-state index in [1.165, 1.54) is 31.8 Å². The molecule has 0 radical (unpaired) electrons. The summed E-state index contributed by atoms with van der Waals surface area (Å²) in [5.74, 6) is 0. The molecule has 0 unspecified atom stereocenters. The molecule has 0 fully saturated rings. The number of rotatable bonds is 6. The fourth-order valence-electron chi connectivity index (χ4n) is 4.36. The third-order valence-electron chi connectivity index (χ3n) is 6.09. The summed E-state index contributed by atoms with van der Waals surface area (Å²) in [5.41, 5.74) is 0. The van der Waals surface area contributed by atoms with Gasteiger partial charge >= 0.3 is 20.4 Å². The van der Waals surface area contributed by atoms with Crippen molar-refractivity contribution in [3.63, 3.8) is 0 Å². The standard InChI is InChI=1S/2C18H15P.2ClH.H3N.Pd/c2*1-4-10-16(11-5-1)19(17-12-6-2-7-13-17)18-14-8-3-9-15-18;;;;/h2*1-15H;2*1H;1H3;/q;;;;;+2/p-2. The second kappa shape index (κ2) is 20.3. The van der Waals surface area contributed by atoms with Crippen LogP contribution in [0.3, 0.4) is 0 Å². The summed E-state index contributed by atoms with van der Waals surface area (Å²) in [7, 11) is -0.892. The molecule has 0 amide bonds. The fraction of sp³-hybridized carbons (Fsp3) is 0. The smallest absolute Gasteiger partial charge is 1.00 e. The van der Waals surface area contributed by atoms with Gasteiger partial charge < -0.3 is 31.0 Å². The van der Waals surface area contributed by atoms with Gasteiger partial charge in [-0.15, -0.1) is 0 Å². The van der Waals surface area contributed by atoms with Crippen molar-refractivity contribution in [1.82, 2.24) is 6.15 Å². The van der Waals surface area contributed by atoms with Gasteiger partial charge in [0.15, 0.2) is 0 Å². The molecule has 0 saturated heterocycles. The van der Waals surface area contributed by atoms with E-state index in [2.05, 4.69) is 182 Å². The molecule has 6 heteroatoms. The van der Waals surface area contributed by atoms with Crippen LogP contribution in [0, 0.1) is 0 Å². The Bertz CT molecular complexity index is 1190. The number of halogens is 2. The quantitative estimate of drug-likeness (QED) is 0.203. The van der Waals surface area contributed by atoms with Crippen molar-refractivity contribution >= 4 is 47.7 Å². The molecule has 6 rings (SSSR count). The minimum Gasteiger partial charge on any atom is -1.00 e. The van der Waals surface area contributed by atoms with Crippen LogP contribution in [0.4, 0.5) is 0 Å². The second-order valence-corrected chi connectivity index (χ2v) is 13.1. The molecule has 0 saturated carbocycles. The molecule has 0 aromatic heterocycles. The van der Waals surface area contributed by atoms with Gasteiger partial charge in [0.2, 0.25) is 0 Å². The van der Waals surface area contributed by atoms with Crippen molar-refractivity contribution in [2.24, 2.45) is 0 Å². The summed E-state index contributed by atoms with van der Waals surface area (Å²) < 4.78 is 0. The van der Waals surface area contributed by atoms with Gasteiger partial charge in [-0.05, 0) is 47.7 Å². The van der Waals surface area contributed by atoms with E-state index >= 15 is 0 Å². The first kappa shape index (κ1) is 37.4. The second-order valence-electron chi connectivity index (χ2n) is 8.68. The van der Waals surface area contributed by atoms with Gasteiger partial charge in [-0.1, -0.05) is 182 Å². The summed E-state index contributed by atoms with van der Waals surface area (Å²) >= 11 is 0. The molecule has 0 aliphatic rings. The van der Waals surface area contributed by atoms with E-state index in [4.69, 9.17) is 0 Å². The molecule has 0 atom stereocenters. The zero-order chi connectivity index (χ0) is 25.8. The zero-order valence-corrected chi connectivity index (χ0v) is 27.8. The predicted octanol–water partition coefficient (Wildman–Crippen LogP) is 1.06. The molecular formula is C36H33Cl2NP2Pd. The van der Waals surface area contributed by atoms with Gasteiger partial charge in [0.25, 0.3) is 0 Å². The first-order valence-electron chi connectivity index (χ1n) is 12.8. The Hall–Kier alpha value is -2.62. The molecule has 0 aliphatic carbocycles. The summed E-state index contributed by atoms with van der Waals surface area (Å²) in [5, 5.41) is 8.39. The molecule has 0 aliphatic heterocycles. The molecule has 6 aromatic carbocycles. The SMILES string of the molecule is N.[Cl-].[Cl-].[Pd+2].c1ccc(P(c2ccccc2)c2ccccc2)cc1.c1ccc(P(c2ccccc2)c2ccccc2)cc1. The molecule has 216 valence electrons. The molecule has 0 heterocycles. The minimum absolute atomic E-state index is 0. The van der Waals surface area contributed by atoms with Crippen LogP contribution >= 0.6 is 15.8 Å². The Kier molecular flexibility index (Phi) is 18.1. The van der Waals surface area contributed by atoms with Crippen LogP contribution in [0.2, 0.25) is 0 Å². The zero-order valence-electron chi connectivity index (χ0n) is 23.0. The molecule has 6 aromatic rings. The van der Waals surface area contributed by atoms with Crippen molar-refractivity contribution in [2.45, 2.75) is 0 Å². The van der Waals surface area contributed by atoms with Crippen LogP contribution in [0.5, 0.6) is 0 Å². The Morgan fingerprint density at radius 1 is 0.238 bits per heavy atom. The molecule has 1 nitrogen and oxygen atoms in total. The Morgan fingerprint density at radius 2 is 0.357 bits per heavy atom. The van der Waals surface area contributed by atoms with Gasteiger partial charge in [0, 0.05) is 0 Å². The van der Waals surface area contributed by atoms with Crippen molar-refractivity contribution in [2.75, 3.05) is 0 Å². The van der Waals surface area contributed by atoms with E-state index in [0.29, 0.717) is 0 Å². The average molecular weight is 719 g/mol. The third kappa shape index (κ3) is 10.3. The topological polar surface area (TPSA) is 35.0 Å². The van der Waals surface area contributed by atoms with Gasteiger partial charge in [0.05, 0.1) is 0 Å². The van der Waals surface area contributed by atoms with E-state index in [-0.39, 0.29) is 51.4 Å². The van der Waals surface area contributed by atoms with E-state index in [0.717, 1.165) is 0 Å². The molecule has 0 spiro atoms.